The van der Waals surface area contributed by atoms with Crippen LogP contribution in [0.4, 0.5) is 11.4 Å². The van der Waals surface area contributed by atoms with Crippen molar-refractivity contribution in [1.29, 1.82) is 0 Å². The number of nitrogens with two attached hydrogens (primary N) is 1. The van der Waals surface area contributed by atoms with Crippen LogP contribution < -0.4 is 11.1 Å². The summed E-state index contributed by atoms with van der Waals surface area (Å²) in [5.74, 6) is 0.692. The standard InChI is InChI=1S/C13H16N4OS/c1-17-8-7-15-13(17)19-9-6-12(18)16-11-4-2-10(14)3-5-11/h2-5,7-8H,6,9,14H2,1H3,(H,16,18). The zero-order valence-electron chi connectivity index (χ0n) is 10.7. The van der Waals surface area contributed by atoms with Gasteiger partial charge < -0.3 is 15.6 Å². The van der Waals surface area contributed by atoms with E-state index in [1.54, 1.807) is 42.2 Å². The van der Waals surface area contributed by atoms with E-state index in [0.717, 1.165) is 10.8 Å². The maximum absolute atomic E-state index is 11.7. The first-order chi connectivity index (χ1) is 9.15. The van der Waals surface area contributed by atoms with Crippen molar-refractivity contribution in [3.63, 3.8) is 0 Å². The van der Waals surface area contributed by atoms with Crippen LogP contribution in [0.3, 0.4) is 0 Å². The quantitative estimate of drug-likeness (QED) is 0.648. The van der Waals surface area contributed by atoms with E-state index in [1.165, 1.54) is 0 Å². The van der Waals surface area contributed by atoms with Gasteiger partial charge >= 0.3 is 0 Å². The number of hydrogen-bond donors (Lipinski definition) is 2. The number of aromatic nitrogens is 2. The molecule has 0 unspecified atom stereocenters. The van der Waals surface area contributed by atoms with E-state index in [0.29, 0.717) is 17.9 Å². The monoisotopic (exact) mass is 276 g/mol. The predicted molar refractivity (Wildman–Crippen MR) is 78.0 cm³/mol. The maximum atomic E-state index is 11.7. The summed E-state index contributed by atoms with van der Waals surface area (Å²) < 4.78 is 1.93. The van der Waals surface area contributed by atoms with Crippen LogP contribution in [0.15, 0.2) is 41.8 Å². The van der Waals surface area contributed by atoms with Gasteiger partial charge in [0.05, 0.1) is 0 Å². The molecule has 3 N–H and O–H groups in total. The number of imidazole rings is 1. The minimum atomic E-state index is -0.00789. The summed E-state index contributed by atoms with van der Waals surface area (Å²) in [7, 11) is 1.93. The molecule has 0 saturated carbocycles. The predicted octanol–water partition coefficient (Wildman–Crippen LogP) is 2.12. The van der Waals surface area contributed by atoms with Gasteiger partial charge in [-0.3, -0.25) is 4.79 Å². The second-order valence-electron chi connectivity index (χ2n) is 4.09. The van der Waals surface area contributed by atoms with E-state index in [4.69, 9.17) is 5.73 Å². The fraction of sp³-hybridized carbons (Fsp3) is 0.231. The molecule has 0 aliphatic heterocycles. The molecular weight excluding hydrogens is 260 g/mol. The number of nitrogens with zero attached hydrogens (tertiary/aromatic N) is 2. The molecule has 0 saturated heterocycles. The van der Waals surface area contributed by atoms with Gasteiger partial charge in [0.1, 0.15) is 0 Å². The third-order valence-corrected chi connectivity index (χ3v) is 3.59. The lowest BCUT2D eigenvalue weighted by Gasteiger charge is -2.05. The molecule has 0 aliphatic carbocycles. The first-order valence-electron chi connectivity index (χ1n) is 5.90. The Morgan fingerprint density at radius 2 is 2.16 bits per heavy atom. The van der Waals surface area contributed by atoms with E-state index >= 15 is 0 Å². The Hall–Kier alpha value is -1.95. The average Bonchev–Trinajstić information content (AvgIpc) is 2.78. The molecule has 6 heteroatoms. The van der Waals surface area contributed by atoms with Gasteiger partial charge in [0, 0.05) is 43.0 Å². The molecule has 0 atom stereocenters. The second kappa shape index (κ2) is 6.29. The van der Waals surface area contributed by atoms with E-state index < -0.39 is 0 Å². The number of rotatable bonds is 5. The number of benzene rings is 1. The van der Waals surface area contributed by atoms with Crippen LogP contribution in [-0.4, -0.2) is 21.2 Å². The van der Waals surface area contributed by atoms with Gasteiger partial charge in [-0.05, 0) is 24.3 Å². The summed E-state index contributed by atoms with van der Waals surface area (Å²) >= 11 is 1.57. The Labute approximate surface area is 116 Å². The fourth-order valence-electron chi connectivity index (χ4n) is 1.52. The van der Waals surface area contributed by atoms with Crippen molar-refractivity contribution >= 4 is 29.0 Å². The molecule has 5 nitrogen and oxygen atoms in total. The highest BCUT2D eigenvalue weighted by atomic mass is 32.2. The third kappa shape index (κ3) is 4.03. The van der Waals surface area contributed by atoms with E-state index in [-0.39, 0.29) is 5.91 Å². The third-order valence-electron chi connectivity index (χ3n) is 2.53. The molecule has 1 amide bonds. The Balaban J connectivity index is 1.76. The highest BCUT2D eigenvalue weighted by molar-refractivity contribution is 7.99. The summed E-state index contributed by atoms with van der Waals surface area (Å²) in [5, 5.41) is 3.75. The number of hydrogen-bond acceptors (Lipinski definition) is 4. The van der Waals surface area contributed by atoms with Crippen LogP contribution in [0.1, 0.15) is 6.42 Å². The molecule has 2 aromatic rings. The summed E-state index contributed by atoms with van der Waals surface area (Å²) in [6.45, 7) is 0. The van der Waals surface area contributed by atoms with Gasteiger partial charge in [0.25, 0.3) is 0 Å². The number of carbonyl (C=O) groups excluding carboxylic acids is 1. The van der Waals surface area contributed by atoms with Crippen LogP contribution in [-0.2, 0) is 11.8 Å². The van der Waals surface area contributed by atoms with Crippen LogP contribution in [0.5, 0.6) is 0 Å². The molecule has 0 bridgehead atoms. The largest absolute Gasteiger partial charge is 0.399 e. The number of thioether (sulfide) groups is 1. The van der Waals surface area contributed by atoms with Crippen molar-refractivity contribution < 1.29 is 4.79 Å². The molecule has 1 aromatic heterocycles. The molecule has 1 heterocycles. The van der Waals surface area contributed by atoms with Crippen molar-refractivity contribution in [3.05, 3.63) is 36.7 Å². The number of carbonyl (C=O) groups is 1. The molecule has 0 aliphatic rings. The number of amides is 1. The first kappa shape index (κ1) is 13.5. The Kier molecular flexibility index (Phi) is 4.46. The molecule has 1 aromatic carbocycles. The lowest BCUT2D eigenvalue weighted by atomic mass is 10.3. The normalized spacial score (nSPS) is 10.4. The summed E-state index contributed by atoms with van der Waals surface area (Å²) in [6, 6.07) is 7.11. The molecular formula is C13H16N4OS. The smallest absolute Gasteiger partial charge is 0.225 e. The first-order valence-corrected chi connectivity index (χ1v) is 6.89. The maximum Gasteiger partial charge on any atom is 0.225 e. The van der Waals surface area contributed by atoms with Crippen molar-refractivity contribution in [1.82, 2.24) is 9.55 Å². The van der Waals surface area contributed by atoms with Crippen LogP contribution in [0.25, 0.3) is 0 Å². The molecule has 19 heavy (non-hydrogen) atoms. The molecule has 100 valence electrons. The van der Waals surface area contributed by atoms with Gasteiger partial charge in [-0.15, -0.1) is 0 Å². The minimum absolute atomic E-state index is 0.00789. The van der Waals surface area contributed by atoms with Crippen LogP contribution in [0.2, 0.25) is 0 Å². The van der Waals surface area contributed by atoms with Gasteiger partial charge in [-0.1, -0.05) is 11.8 Å². The van der Waals surface area contributed by atoms with Gasteiger partial charge in [0.2, 0.25) is 5.91 Å². The Bertz CT molecular complexity index is 550. The fourth-order valence-corrected chi connectivity index (χ4v) is 2.39. The number of aryl methyl sites for hydroxylation is 1. The second-order valence-corrected chi connectivity index (χ2v) is 5.15. The van der Waals surface area contributed by atoms with E-state index in [1.807, 2.05) is 17.8 Å². The lowest BCUT2D eigenvalue weighted by Crippen LogP contribution is -2.12. The average molecular weight is 276 g/mol. The zero-order valence-corrected chi connectivity index (χ0v) is 11.5. The molecule has 0 fully saturated rings. The summed E-state index contributed by atoms with van der Waals surface area (Å²) in [4.78, 5) is 15.9. The van der Waals surface area contributed by atoms with Crippen LogP contribution >= 0.6 is 11.8 Å². The zero-order chi connectivity index (χ0) is 13.7. The highest BCUT2D eigenvalue weighted by Crippen LogP contribution is 2.16. The lowest BCUT2D eigenvalue weighted by molar-refractivity contribution is -0.115. The Morgan fingerprint density at radius 1 is 1.42 bits per heavy atom. The Morgan fingerprint density at radius 3 is 2.79 bits per heavy atom. The van der Waals surface area contributed by atoms with E-state index in [9.17, 15) is 4.79 Å². The number of nitrogen functional groups attached to an aromatic ring is 1. The highest BCUT2D eigenvalue weighted by Gasteiger charge is 2.05. The number of anilines is 2. The van der Waals surface area contributed by atoms with Gasteiger partial charge in [-0.25, -0.2) is 4.98 Å². The van der Waals surface area contributed by atoms with Gasteiger partial charge in [0.15, 0.2) is 5.16 Å². The molecule has 0 radical (unpaired) electrons. The molecule has 0 spiro atoms. The van der Waals surface area contributed by atoms with Gasteiger partial charge in [-0.2, -0.15) is 0 Å². The van der Waals surface area contributed by atoms with Crippen molar-refractivity contribution in [2.24, 2.45) is 7.05 Å². The SMILES string of the molecule is Cn1ccnc1SCCC(=O)Nc1ccc(N)cc1. The topological polar surface area (TPSA) is 72.9 Å². The van der Waals surface area contributed by atoms with Crippen molar-refractivity contribution in [2.45, 2.75) is 11.6 Å². The van der Waals surface area contributed by atoms with Crippen LogP contribution in [0, 0.1) is 0 Å². The minimum Gasteiger partial charge on any atom is -0.399 e. The van der Waals surface area contributed by atoms with Crippen molar-refractivity contribution in [3.8, 4) is 0 Å². The van der Waals surface area contributed by atoms with Crippen molar-refractivity contribution in [2.75, 3.05) is 16.8 Å². The summed E-state index contributed by atoms with van der Waals surface area (Å²) in [6.07, 6.45) is 4.08. The summed E-state index contributed by atoms with van der Waals surface area (Å²) in [5.41, 5.74) is 7.03. The van der Waals surface area contributed by atoms with E-state index in [2.05, 4.69) is 10.3 Å². The molecule has 2 rings (SSSR count). The number of nitrogens with one attached hydrogen (secondary N) is 1.